The maximum absolute atomic E-state index is 13.8. The highest BCUT2D eigenvalue weighted by Gasteiger charge is 2.47. The standard InChI is InChI=1S/C20H22BrF3N4O/c21-13-8-6-12(7-9-13)16-10-17(20(22,23)24)28-18(27-16)15(11-25-28)19(29)26-14-4-2-1-3-5-14/h6-9,11,14,16-17,27H,1-5,10H2,(H,26,29)/t16-,17-/m1/s1. The van der Waals surface area contributed by atoms with Gasteiger partial charge in [-0.15, -0.1) is 0 Å². The van der Waals surface area contributed by atoms with E-state index in [9.17, 15) is 18.0 Å². The van der Waals surface area contributed by atoms with Crippen LogP contribution in [0.15, 0.2) is 34.9 Å². The Morgan fingerprint density at radius 2 is 1.86 bits per heavy atom. The minimum Gasteiger partial charge on any atom is -0.363 e. The van der Waals surface area contributed by atoms with E-state index in [1.54, 1.807) is 24.3 Å². The van der Waals surface area contributed by atoms with E-state index in [1.807, 2.05) is 0 Å². The number of anilines is 1. The number of benzene rings is 1. The van der Waals surface area contributed by atoms with Crippen molar-refractivity contribution in [2.24, 2.45) is 0 Å². The summed E-state index contributed by atoms with van der Waals surface area (Å²) in [6, 6.07) is 4.86. The number of halogens is 4. The Labute approximate surface area is 175 Å². The first-order valence-corrected chi connectivity index (χ1v) is 10.6. The van der Waals surface area contributed by atoms with Crippen LogP contribution in [-0.2, 0) is 0 Å². The predicted octanol–water partition coefficient (Wildman–Crippen LogP) is 5.37. The van der Waals surface area contributed by atoms with Gasteiger partial charge >= 0.3 is 6.18 Å². The number of amides is 1. The Kier molecular flexibility index (Phi) is 5.59. The number of carbonyl (C=O) groups is 1. The molecule has 2 atom stereocenters. The van der Waals surface area contributed by atoms with Gasteiger partial charge in [-0.05, 0) is 30.5 Å². The third kappa shape index (κ3) is 4.29. The summed E-state index contributed by atoms with van der Waals surface area (Å²) >= 11 is 3.34. The Morgan fingerprint density at radius 1 is 1.17 bits per heavy atom. The molecule has 0 unspecified atom stereocenters. The van der Waals surface area contributed by atoms with Gasteiger partial charge in [-0.2, -0.15) is 18.3 Å². The second kappa shape index (κ2) is 8.01. The lowest BCUT2D eigenvalue weighted by atomic mass is 9.95. The largest absolute Gasteiger partial charge is 0.410 e. The summed E-state index contributed by atoms with van der Waals surface area (Å²) < 4.78 is 43.0. The maximum atomic E-state index is 13.8. The molecule has 29 heavy (non-hydrogen) atoms. The van der Waals surface area contributed by atoms with Crippen molar-refractivity contribution < 1.29 is 18.0 Å². The fourth-order valence-corrected chi connectivity index (χ4v) is 4.42. The lowest BCUT2D eigenvalue weighted by Gasteiger charge is -2.34. The smallest absolute Gasteiger partial charge is 0.363 e. The van der Waals surface area contributed by atoms with E-state index in [0.717, 1.165) is 46.8 Å². The average Bonchev–Trinajstić information content (AvgIpc) is 3.12. The van der Waals surface area contributed by atoms with E-state index in [0.29, 0.717) is 0 Å². The van der Waals surface area contributed by atoms with Crippen LogP contribution in [-0.4, -0.2) is 27.9 Å². The average molecular weight is 471 g/mol. The zero-order chi connectivity index (χ0) is 20.6. The summed E-state index contributed by atoms with van der Waals surface area (Å²) in [4.78, 5) is 12.8. The van der Waals surface area contributed by atoms with Crippen molar-refractivity contribution in [2.45, 2.75) is 62.8 Å². The van der Waals surface area contributed by atoms with Gasteiger partial charge in [0.05, 0.1) is 12.2 Å². The molecular formula is C20H22BrF3N4O. The number of hydrogen-bond donors (Lipinski definition) is 2. The van der Waals surface area contributed by atoms with Crippen LogP contribution in [0.3, 0.4) is 0 Å². The van der Waals surface area contributed by atoms with Crippen LogP contribution in [0, 0.1) is 0 Å². The summed E-state index contributed by atoms with van der Waals surface area (Å²) in [7, 11) is 0. The van der Waals surface area contributed by atoms with Crippen LogP contribution < -0.4 is 10.6 Å². The Hall–Kier alpha value is -2.03. The van der Waals surface area contributed by atoms with Gasteiger partial charge in [0.25, 0.3) is 5.91 Å². The maximum Gasteiger partial charge on any atom is 0.410 e. The molecule has 156 valence electrons. The second-order valence-electron chi connectivity index (χ2n) is 7.70. The molecule has 0 saturated heterocycles. The molecule has 4 rings (SSSR count). The van der Waals surface area contributed by atoms with Gasteiger partial charge in [-0.25, -0.2) is 4.68 Å². The fourth-order valence-electron chi connectivity index (χ4n) is 4.15. The fraction of sp³-hybridized carbons (Fsp3) is 0.500. The Balaban J connectivity index is 1.64. The van der Waals surface area contributed by atoms with Gasteiger partial charge in [0.1, 0.15) is 11.4 Å². The topological polar surface area (TPSA) is 59.0 Å². The molecule has 1 amide bonds. The molecule has 1 fully saturated rings. The zero-order valence-electron chi connectivity index (χ0n) is 15.7. The third-order valence-corrected chi connectivity index (χ3v) is 6.22. The number of hydrogen-bond acceptors (Lipinski definition) is 3. The van der Waals surface area contributed by atoms with E-state index in [1.165, 1.54) is 6.20 Å². The van der Waals surface area contributed by atoms with Crippen molar-refractivity contribution in [3.63, 3.8) is 0 Å². The minimum atomic E-state index is -4.46. The molecule has 5 nitrogen and oxygen atoms in total. The van der Waals surface area contributed by atoms with Crippen LogP contribution in [0.25, 0.3) is 0 Å². The summed E-state index contributed by atoms with van der Waals surface area (Å²) in [5.74, 6) is -0.247. The summed E-state index contributed by atoms with van der Waals surface area (Å²) in [6.45, 7) is 0. The lowest BCUT2D eigenvalue weighted by Crippen LogP contribution is -2.38. The van der Waals surface area contributed by atoms with Crippen LogP contribution in [0.4, 0.5) is 19.0 Å². The van der Waals surface area contributed by atoms with Gasteiger partial charge < -0.3 is 10.6 Å². The normalized spacial score (nSPS) is 22.6. The van der Waals surface area contributed by atoms with E-state index >= 15 is 0 Å². The van der Waals surface area contributed by atoms with Crippen molar-refractivity contribution in [3.05, 3.63) is 46.1 Å². The number of alkyl halides is 3. The van der Waals surface area contributed by atoms with Crippen LogP contribution >= 0.6 is 15.9 Å². The van der Waals surface area contributed by atoms with Gasteiger partial charge in [-0.1, -0.05) is 47.3 Å². The van der Waals surface area contributed by atoms with Gasteiger partial charge in [0.2, 0.25) is 0 Å². The molecule has 1 aromatic heterocycles. The molecule has 9 heteroatoms. The monoisotopic (exact) mass is 470 g/mol. The van der Waals surface area contributed by atoms with Crippen molar-refractivity contribution in [3.8, 4) is 0 Å². The highest BCUT2D eigenvalue weighted by atomic mass is 79.9. The molecule has 1 saturated carbocycles. The van der Waals surface area contributed by atoms with Crippen LogP contribution in [0.2, 0.25) is 0 Å². The summed E-state index contributed by atoms with van der Waals surface area (Å²) in [5.41, 5.74) is 0.889. The molecule has 2 N–H and O–H groups in total. The van der Waals surface area contributed by atoms with Crippen molar-refractivity contribution in [1.82, 2.24) is 15.1 Å². The Bertz CT molecular complexity index is 875. The SMILES string of the molecule is O=C(NC1CCCCC1)c1cnn2c1N[C@@H](c1ccc(Br)cc1)C[C@@H]2C(F)(F)F. The summed E-state index contributed by atoms with van der Waals surface area (Å²) in [6.07, 6.45) is 1.64. The third-order valence-electron chi connectivity index (χ3n) is 5.70. The number of nitrogens with one attached hydrogen (secondary N) is 2. The number of fused-ring (bicyclic) bond motifs is 1. The van der Waals surface area contributed by atoms with Crippen LogP contribution in [0.1, 0.15) is 66.5 Å². The Morgan fingerprint density at radius 3 is 2.52 bits per heavy atom. The summed E-state index contributed by atoms with van der Waals surface area (Å²) in [5, 5.41) is 10.0. The molecule has 2 aliphatic rings. The van der Waals surface area contributed by atoms with Gasteiger partial charge in [0, 0.05) is 16.9 Å². The van der Waals surface area contributed by atoms with E-state index < -0.39 is 18.3 Å². The highest BCUT2D eigenvalue weighted by molar-refractivity contribution is 9.10. The lowest BCUT2D eigenvalue weighted by molar-refractivity contribution is -0.173. The van der Waals surface area contributed by atoms with Crippen molar-refractivity contribution in [1.29, 1.82) is 0 Å². The first-order chi connectivity index (χ1) is 13.8. The number of carbonyl (C=O) groups excluding carboxylic acids is 1. The molecule has 0 spiro atoms. The minimum absolute atomic E-state index is 0.0658. The van der Waals surface area contributed by atoms with Crippen molar-refractivity contribution >= 4 is 27.7 Å². The van der Waals surface area contributed by atoms with Gasteiger partial charge in [0.15, 0.2) is 6.04 Å². The molecule has 0 bridgehead atoms. The molecule has 1 aromatic carbocycles. The molecule has 0 radical (unpaired) electrons. The zero-order valence-corrected chi connectivity index (χ0v) is 17.3. The van der Waals surface area contributed by atoms with E-state index in [-0.39, 0.29) is 29.8 Å². The van der Waals surface area contributed by atoms with Gasteiger partial charge in [-0.3, -0.25) is 4.79 Å². The molecule has 1 aliphatic carbocycles. The molecule has 1 aliphatic heterocycles. The molecule has 2 heterocycles. The van der Waals surface area contributed by atoms with Crippen molar-refractivity contribution in [2.75, 3.05) is 5.32 Å². The second-order valence-corrected chi connectivity index (χ2v) is 8.62. The first kappa shape index (κ1) is 20.3. The number of aromatic nitrogens is 2. The first-order valence-electron chi connectivity index (χ1n) is 9.80. The predicted molar refractivity (Wildman–Crippen MR) is 107 cm³/mol. The number of nitrogens with zero attached hydrogens (tertiary/aromatic N) is 2. The van der Waals surface area contributed by atoms with Crippen LogP contribution in [0.5, 0.6) is 0 Å². The van der Waals surface area contributed by atoms with E-state index in [4.69, 9.17) is 0 Å². The molecular weight excluding hydrogens is 449 g/mol. The quantitative estimate of drug-likeness (QED) is 0.633. The highest BCUT2D eigenvalue weighted by Crippen LogP contribution is 2.44. The molecule has 2 aromatic rings. The number of rotatable bonds is 3. The van der Waals surface area contributed by atoms with E-state index in [2.05, 4.69) is 31.7 Å².